The van der Waals surface area contributed by atoms with Crippen LogP contribution in [0.5, 0.6) is 11.5 Å². The molecule has 3 rings (SSSR count). The van der Waals surface area contributed by atoms with E-state index in [4.69, 9.17) is 9.47 Å². The van der Waals surface area contributed by atoms with E-state index in [0.717, 1.165) is 28.0 Å². The predicted molar refractivity (Wildman–Crippen MR) is 150 cm³/mol. The fourth-order valence-electron chi connectivity index (χ4n) is 4.04. The molecular formula is C30H36N2O4S. The topological polar surface area (TPSA) is 59.1 Å². The SMILES string of the molecule is C=CCN(CC(=O)N(CCc1ccc(OC)c(OC)c1)Cc1sccc1C)C(=O)c1ccc(CC)cc1. The molecule has 6 nitrogen and oxygen atoms in total. The van der Waals surface area contributed by atoms with Crippen LogP contribution in [0.15, 0.2) is 66.6 Å². The van der Waals surface area contributed by atoms with Gasteiger partial charge in [-0.15, -0.1) is 17.9 Å². The molecule has 0 aliphatic rings. The molecule has 1 aromatic heterocycles. The summed E-state index contributed by atoms with van der Waals surface area (Å²) >= 11 is 1.64. The lowest BCUT2D eigenvalue weighted by Crippen LogP contribution is -2.43. The number of nitrogens with zero attached hydrogens (tertiary/aromatic N) is 2. The van der Waals surface area contributed by atoms with Crippen LogP contribution in [0.2, 0.25) is 0 Å². The van der Waals surface area contributed by atoms with Crippen molar-refractivity contribution < 1.29 is 19.1 Å². The summed E-state index contributed by atoms with van der Waals surface area (Å²) in [6.07, 6.45) is 3.20. The van der Waals surface area contributed by atoms with Crippen LogP contribution in [-0.2, 0) is 24.2 Å². The van der Waals surface area contributed by atoms with E-state index in [1.165, 1.54) is 0 Å². The molecule has 0 aliphatic carbocycles. The summed E-state index contributed by atoms with van der Waals surface area (Å²) in [6, 6.07) is 15.4. The maximum absolute atomic E-state index is 13.6. The average Bonchev–Trinajstić information content (AvgIpc) is 3.33. The van der Waals surface area contributed by atoms with Crippen LogP contribution in [0, 0.1) is 6.92 Å². The lowest BCUT2D eigenvalue weighted by atomic mass is 10.1. The molecule has 196 valence electrons. The second-order valence-corrected chi connectivity index (χ2v) is 9.81. The summed E-state index contributed by atoms with van der Waals surface area (Å²) in [5, 5.41) is 2.04. The molecule has 0 bridgehead atoms. The molecular weight excluding hydrogens is 484 g/mol. The monoisotopic (exact) mass is 520 g/mol. The van der Waals surface area contributed by atoms with E-state index in [1.54, 1.807) is 36.5 Å². The van der Waals surface area contributed by atoms with Crippen LogP contribution in [0.25, 0.3) is 0 Å². The van der Waals surface area contributed by atoms with Crippen molar-refractivity contribution in [2.24, 2.45) is 0 Å². The van der Waals surface area contributed by atoms with Gasteiger partial charge in [0.25, 0.3) is 5.91 Å². The molecule has 0 unspecified atom stereocenters. The first-order valence-electron chi connectivity index (χ1n) is 12.4. The van der Waals surface area contributed by atoms with Crippen molar-refractivity contribution in [3.8, 4) is 11.5 Å². The number of hydrogen-bond acceptors (Lipinski definition) is 5. The summed E-state index contributed by atoms with van der Waals surface area (Å²) < 4.78 is 10.8. The number of carbonyl (C=O) groups excluding carboxylic acids is 2. The molecule has 7 heteroatoms. The minimum Gasteiger partial charge on any atom is -0.493 e. The summed E-state index contributed by atoms with van der Waals surface area (Å²) in [5.74, 6) is 1.04. The van der Waals surface area contributed by atoms with Crippen molar-refractivity contribution in [2.75, 3.05) is 33.9 Å². The third-order valence-electron chi connectivity index (χ3n) is 6.35. The Hall–Kier alpha value is -3.58. The molecule has 1 heterocycles. The fraction of sp³-hybridized carbons (Fsp3) is 0.333. The minimum absolute atomic E-state index is 0.0171. The van der Waals surface area contributed by atoms with Crippen molar-refractivity contribution in [3.05, 3.63) is 93.7 Å². The van der Waals surface area contributed by atoms with E-state index >= 15 is 0 Å². The number of aryl methyl sites for hydroxylation is 2. The average molecular weight is 521 g/mol. The molecule has 0 spiro atoms. The van der Waals surface area contributed by atoms with E-state index in [9.17, 15) is 9.59 Å². The normalized spacial score (nSPS) is 10.6. The van der Waals surface area contributed by atoms with Gasteiger partial charge >= 0.3 is 0 Å². The summed E-state index contributed by atoms with van der Waals surface area (Å²) in [7, 11) is 3.22. The number of methoxy groups -OCH3 is 2. The zero-order valence-corrected chi connectivity index (χ0v) is 23.0. The van der Waals surface area contributed by atoms with E-state index in [2.05, 4.69) is 26.5 Å². The van der Waals surface area contributed by atoms with Gasteiger partial charge in [0.15, 0.2) is 11.5 Å². The number of benzene rings is 2. The first kappa shape index (κ1) is 28.0. The first-order valence-corrected chi connectivity index (χ1v) is 13.3. The van der Waals surface area contributed by atoms with Crippen molar-refractivity contribution in [3.63, 3.8) is 0 Å². The maximum Gasteiger partial charge on any atom is 0.254 e. The van der Waals surface area contributed by atoms with E-state index in [1.807, 2.05) is 52.7 Å². The molecule has 0 aliphatic heterocycles. The summed E-state index contributed by atoms with van der Waals surface area (Å²) in [5.41, 5.74) is 3.92. The minimum atomic E-state index is -0.178. The van der Waals surface area contributed by atoms with Gasteiger partial charge in [-0.2, -0.15) is 0 Å². The van der Waals surface area contributed by atoms with Gasteiger partial charge in [0.2, 0.25) is 5.91 Å². The van der Waals surface area contributed by atoms with Crippen LogP contribution in [0.1, 0.15) is 38.8 Å². The Morgan fingerprint density at radius 3 is 2.27 bits per heavy atom. The molecule has 2 amide bonds. The van der Waals surface area contributed by atoms with Gasteiger partial charge in [-0.1, -0.05) is 31.2 Å². The van der Waals surface area contributed by atoms with Crippen molar-refractivity contribution in [2.45, 2.75) is 33.2 Å². The van der Waals surface area contributed by atoms with Gasteiger partial charge in [-0.25, -0.2) is 0 Å². The highest BCUT2D eigenvalue weighted by molar-refractivity contribution is 7.10. The van der Waals surface area contributed by atoms with Gasteiger partial charge < -0.3 is 19.3 Å². The molecule has 0 atom stereocenters. The predicted octanol–water partition coefficient (Wildman–Crippen LogP) is 5.54. The van der Waals surface area contributed by atoms with Crippen LogP contribution >= 0.6 is 11.3 Å². The molecule has 0 saturated heterocycles. The lowest BCUT2D eigenvalue weighted by Gasteiger charge is -2.27. The van der Waals surface area contributed by atoms with Gasteiger partial charge in [0.1, 0.15) is 6.54 Å². The first-order chi connectivity index (χ1) is 17.9. The number of rotatable bonds is 13. The molecule has 0 fully saturated rings. The van der Waals surface area contributed by atoms with E-state index in [-0.39, 0.29) is 18.4 Å². The number of hydrogen-bond donors (Lipinski definition) is 0. The summed E-state index contributed by atoms with van der Waals surface area (Å²) in [4.78, 5) is 31.4. The zero-order chi connectivity index (χ0) is 26.8. The quantitative estimate of drug-likeness (QED) is 0.278. The number of ether oxygens (including phenoxy) is 2. The Kier molecular flexibility index (Phi) is 10.3. The molecule has 0 N–H and O–H groups in total. The Morgan fingerprint density at radius 1 is 0.973 bits per heavy atom. The Morgan fingerprint density at radius 2 is 1.68 bits per heavy atom. The Balaban J connectivity index is 1.78. The van der Waals surface area contributed by atoms with Gasteiger partial charge in [-0.05, 0) is 72.2 Å². The third kappa shape index (κ3) is 7.46. The largest absolute Gasteiger partial charge is 0.493 e. The molecule has 2 aromatic carbocycles. The second kappa shape index (κ2) is 13.7. The Bertz CT molecular complexity index is 1200. The van der Waals surface area contributed by atoms with Crippen molar-refractivity contribution >= 4 is 23.2 Å². The van der Waals surface area contributed by atoms with Crippen LogP contribution in [-0.4, -0.2) is 55.5 Å². The highest BCUT2D eigenvalue weighted by Gasteiger charge is 2.23. The standard InChI is InChI=1S/C30H36N2O4S/c1-6-16-32(30(34)25-11-8-23(7-2)9-12-25)21-29(33)31(20-28-22(3)15-18-37-28)17-14-24-10-13-26(35-4)27(19-24)36-5/h6,8-13,15,18-19H,1,7,14,16-17,20-21H2,2-5H3. The van der Waals surface area contributed by atoms with Crippen LogP contribution in [0.4, 0.5) is 0 Å². The summed E-state index contributed by atoms with van der Waals surface area (Å²) in [6.45, 7) is 9.20. The van der Waals surface area contributed by atoms with Crippen LogP contribution in [0.3, 0.4) is 0 Å². The smallest absolute Gasteiger partial charge is 0.254 e. The van der Waals surface area contributed by atoms with Gasteiger partial charge in [-0.3, -0.25) is 9.59 Å². The van der Waals surface area contributed by atoms with Crippen molar-refractivity contribution in [1.29, 1.82) is 0 Å². The lowest BCUT2D eigenvalue weighted by molar-refractivity contribution is -0.132. The Labute approximate surface area is 224 Å². The zero-order valence-electron chi connectivity index (χ0n) is 22.2. The van der Waals surface area contributed by atoms with E-state index < -0.39 is 0 Å². The van der Waals surface area contributed by atoms with Gasteiger partial charge in [0, 0.05) is 23.5 Å². The highest BCUT2D eigenvalue weighted by atomic mass is 32.1. The molecule has 37 heavy (non-hydrogen) atoms. The number of thiophene rings is 1. The molecule has 0 saturated carbocycles. The molecule has 3 aromatic rings. The van der Waals surface area contributed by atoms with Crippen LogP contribution < -0.4 is 9.47 Å². The van der Waals surface area contributed by atoms with Gasteiger partial charge in [0.05, 0.1) is 20.8 Å². The fourth-order valence-corrected chi connectivity index (χ4v) is 4.96. The molecule has 0 radical (unpaired) electrons. The maximum atomic E-state index is 13.6. The number of carbonyl (C=O) groups is 2. The third-order valence-corrected chi connectivity index (χ3v) is 7.35. The number of amides is 2. The second-order valence-electron chi connectivity index (χ2n) is 8.81. The van der Waals surface area contributed by atoms with E-state index in [0.29, 0.717) is 43.1 Å². The van der Waals surface area contributed by atoms with Crippen molar-refractivity contribution in [1.82, 2.24) is 9.80 Å². The highest BCUT2D eigenvalue weighted by Crippen LogP contribution is 2.28.